The molecule has 0 saturated heterocycles. The van der Waals surface area contributed by atoms with Crippen LogP contribution in [0, 0.1) is 0 Å². The zero-order valence-corrected chi connectivity index (χ0v) is 16.5. The van der Waals surface area contributed by atoms with Gasteiger partial charge < -0.3 is 20.1 Å². The van der Waals surface area contributed by atoms with E-state index in [0.29, 0.717) is 41.3 Å². The van der Waals surface area contributed by atoms with Gasteiger partial charge in [0.15, 0.2) is 0 Å². The number of carbonyl (C=O) groups excluding carboxylic acids is 2. The first-order chi connectivity index (χ1) is 14.5. The minimum atomic E-state index is -0.277. The van der Waals surface area contributed by atoms with E-state index in [2.05, 4.69) is 10.4 Å². The average molecular weight is 406 g/mol. The molecule has 4 rings (SSSR count). The molecule has 0 bridgehead atoms. The molecule has 8 heteroatoms. The van der Waals surface area contributed by atoms with Gasteiger partial charge >= 0.3 is 0 Å². The highest BCUT2D eigenvalue weighted by Gasteiger charge is 2.25. The number of phenolic OH excluding ortho intramolecular Hbond substituents is 1. The Balaban J connectivity index is 1.54. The fraction of sp³-hybridized carbons (Fsp3) is 0.227. The molecule has 8 nitrogen and oxygen atoms in total. The van der Waals surface area contributed by atoms with E-state index in [4.69, 9.17) is 4.74 Å². The van der Waals surface area contributed by atoms with Gasteiger partial charge in [0, 0.05) is 24.3 Å². The van der Waals surface area contributed by atoms with Crippen molar-refractivity contribution in [3.63, 3.8) is 0 Å². The van der Waals surface area contributed by atoms with Crippen molar-refractivity contribution in [1.29, 1.82) is 0 Å². The first-order valence-corrected chi connectivity index (χ1v) is 9.63. The summed E-state index contributed by atoms with van der Waals surface area (Å²) in [6.07, 6.45) is 2.28. The monoisotopic (exact) mass is 406 g/mol. The number of aromatic nitrogens is 2. The standard InChI is InChI=1S/C22H22N4O4/c1-30-18-9-5-16(6-10-18)24-21(28)19-13-23-26-12-2-11-25(14-20(19)26)22(29)15-3-7-17(27)8-4-15/h3-10,13,27H,2,11-12,14H2,1H3,(H,24,28). The summed E-state index contributed by atoms with van der Waals surface area (Å²) in [5, 5.41) is 16.7. The molecule has 1 aromatic heterocycles. The number of rotatable bonds is 4. The normalized spacial score (nSPS) is 13.3. The summed E-state index contributed by atoms with van der Waals surface area (Å²) in [4.78, 5) is 27.5. The fourth-order valence-corrected chi connectivity index (χ4v) is 3.46. The molecular weight excluding hydrogens is 384 g/mol. The summed E-state index contributed by atoms with van der Waals surface area (Å²) in [5.74, 6) is 0.389. The number of nitrogens with zero attached hydrogens (tertiary/aromatic N) is 3. The molecule has 1 aliphatic rings. The summed E-state index contributed by atoms with van der Waals surface area (Å²) in [7, 11) is 1.58. The Morgan fingerprint density at radius 1 is 1.07 bits per heavy atom. The fourth-order valence-electron chi connectivity index (χ4n) is 3.46. The van der Waals surface area contributed by atoms with Crippen molar-refractivity contribution in [2.75, 3.05) is 19.0 Å². The lowest BCUT2D eigenvalue weighted by Crippen LogP contribution is -2.31. The first kappa shape index (κ1) is 19.5. The molecule has 0 aliphatic carbocycles. The summed E-state index contributed by atoms with van der Waals surface area (Å²) in [6.45, 7) is 1.47. The number of anilines is 1. The topological polar surface area (TPSA) is 96.7 Å². The van der Waals surface area contributed by atoms with Gasteiger partial charge in [-0.05, 0) is 55.0 Å². The number of benzene rings is 2. The van der Waals surface area contributed by atoms with Crippen molar-refractivity contribution in [3.05, 3.63) is 71.5 Å². The van der Waals surface area contributed by atoms with Gasteiger partial charge in [-0.1, -0.05) is 0 Å². The van der Waals surface area contributed by atoms with Crippen LogP contribution in [0.4, 0.5) is 5.69 Å². The lowest BCUT2D eigenvalue weighted by Gasteiger charge is -2.20. The number of hydrogen-bond donors (Lipinski definition) is 2. The summed E-state index contributed by atoms with van der Waals surface area (Å²) >= 11 is 0. The number of amides is 2. The van der Waals surface area contributed by atoms with Crippen molar-refractivity contribution in [2.24, 2.45) is 0 Å². The van der Waals surface area contributed by atoms with Crippen LogP contribution in [0.25, 0.3) is 0 Å². The summed E-state index contributed by atoms with van der Waals surface area (Å²) in [5.41, 5.74) is 2.28. The first-order valence-electron chi connectivity index (χ1n) is 9.63. The van der Waals surface area contributed by atoms with Crippen LogP contribution in [0.15, 0.2) is 54.7 Å². The Hall–Kier alpha value is -3.81. The van der Waals surface area contributed by atoms with E-state index >= 15 is 0 Å². The van der Waals surface area contributed by atoms with E-state index in [-0.39, 0.29) is 24.1 Å². The molecule has 0 fully saturated rings. The van der Waals surface area contributed by atoms with Crippen molar-refractivity contribution < 1.29 is 19.4 Å². The van der Waals surface area contributed by atoms with Gasteiger partial charge in [-0.2, -0.15) is 5.10 Å². The Morgan fingerprint density at radius 2 is 1.80 bits per heavy atom. The van der Waals surface area contributed by atoms with E-state index in [1.54, 1.807) is 59.3 Å². The van der Waals surface area contributed by atoms with Crippen LogP contribution in [0.1, 0.15) is 32.8 Å². The SMILES string of the molecule is COc1ccc(NC(=O)c2cnn3c2CN(C(=O)c2ccc(O)cc2)CCC3)cc1. The third-order valence-corrected chi connectivity index (χ3v) is 5.08. The number of fused-ring (bicyclic) bond motifs is 1. The second-order valence-corrected chi connectivity index (χ2v) is 7.04. The zero-order valence-electron chi connectivity index (χ0n) is 16.5. The highest BCUT2D eigenvalue weighted by molar-refractivity contribution is 6.05. The van der Waals surface area contributed by atoms with Gasteiger partial charge in [0.05, 0.1) is 31.1 Å². The van der Waals surface area contributed by atoms with Crippen LogP contribution in [-0.2, 0) is 13.1 Å². The van der Waals surface area contributed by atoms with Crippen molar-refractivity contribution in [1.82, 2.24) is 14.7 Å². The highest BCUT2D eigenvalue weighted by atomic mass is 16.5. The van der Waals surface area contributed by atoms with E-state index in [9.17, 15) is 14.7 Å². The quantitative estimate of drug-likeness (QED) is 0.695. The van der Waals surface area contributed by atoms with Crippen molar-refractivity contribution >= 4 is 17.5 Å². The maximum Gasteiger partial charge on any atom is 0.259 e. The molecule has 30 heavy (non-hydrogen) atoms. The van der Waals surface area contributed by atoms with Gasteiger partial charge in [-0.25, -0.2) is 0 Å². The molecule has 2 heterocycles. The Kier molecular flexibility index (Phi) is 5.38. The second-order valence-electron chi connectivity index (χ2n) is 7.04. The van der Waals surface area contributed by atoms with Crippen molar-refractivity contribution in [2.45, 2.75) is 19.5 Å². The summed E-state index contributed by atoms with van der Waals surface area (Å²) in [6, 6.07) is 13.2. The molecule has 0 unspecified atom stereocenters. The van der Waals surface area contributed by atoms with E-state index < -0.39 is 0 Å². The molecule has 154 valence electrons. The van der Waals surface area contributed by atoms with E-state index in [0.717, 1.165) is 6.42 Å². The molecule has 3 aromatic rings. The molecule has 0 atom stereocenters. The molecule has 2 amide bonds. The number of methoxy groups -OCH3 is 1. The van der Waals surface area contributed by atoms with E-state index in [1.807, 2.05) is 0 Å². The third kappa shape index (κ3) is 3.98. The van der Waals surface area contributed by atoms with Crippen LogP contribution in [0.5, 0.6) is 11.5 Å². The summed E-state index contributed by atoms with van der Waals surface area (Å²) < 4.78 is 6.92. The number of aryl methyl sites for hydroxylation is 1. The highest BCUT2D eigenvalue weighted by Crippen LogP contribution is 2.21. The predicted molar refractivity (Wildman–Crippen MR) is 111 cm³/mol. The molecule has 1 aliphatic heterocycles. The second kappa shape index (κ2) is 8.28. The smallest absolute Gasteiger partial charge is 0.259 e. The zero-order chi connectivity index (χ0) is 21.1. The van der Waals surface area contributed by atoms with E-state index in [1.165, 1.54) is 12.1 Å². The van der Waals surface area contributed by atoms with Crippen LogP contribution >= 0.6 is 0 Å². The average Bonchev–Trinajstić information content (AvgIpc) is 3.04. The Morgan fingerprint density at radius 3 is 2.50 bits per heavy atom. The van der Waals surface area contributed by atoms with Gasteiger partial charge in [0.1, 0.15) is 11.5 Å². The van der Waals surface area contributed by atoms with Crippen LogP contribution < -0.4 is 10.1 Å². The number of aromatic hydroxyl groups is 1. The van der Waals surface area contributed by atoms with Gasteiger partial charge in [0.25, 0.3) is 11.8 Å². The minimum absolute atomic E-state index is 0.109. The third-order valence-electron chi connectivity index (χ3n) is 5.08. The maximum absolute atomic E-state index is 12.9. The van der Waals surface area contributed by atoms with Gasteiger partial charge in [0.2, 0.25) is 0 Å². The van der Waals surface area contributed by atoms with Gasteiger partial charge in [-0.3, -0.25) is 14.3 Å². The lowest BCUT2D eigenvalue weighted by atomic mass is 10.1. The van der Waals surface area contributed by atoms with Crippen LogP contribution in [0.3, 0.4) is 0 Å². The number of phenols is 1. The van der Waals surface area contributed by atoms with Crippen LogP contribution in [-0.4, -0.2) is 45.3 Å². The lowest BCUT2D eigenvalue weighted by molar-refractivity contribution is 0.0744. The predicted octanol–water partition coefficient (Wildman–Crippen LogP) is 2.90. The number of nitrogens with one attached hydrogen (secondary N) is 1. The minimum Gasteiger partial charge on any atom is -0.508 e. The van der Waals surface area contributed by atoms with Crippen LogP contribution in [0.2, 0.25) is 0 Å². The van der Waals surface area contributed by atoms with Crippen molar-refractivity contribution in [3.8, 4) is 11.5 Å². The largest absolute Gasteiger partial charge is 0.508 e. The number of carbonyl (C=O) groups is 2. The molecule has 2 aromatic carbocycles. The number of ether oxygens (including phenoxy) is 1. The Bertz CT molecular complexity index is 1060. The molecular formula is C22H22N4O4. The Labute approximate surface area is 173 Å². The molecule has 0 saturated carbocycles. The molecule has 0 spiro atoms. The maximum atomic E-state index is 12.9. The molecule has 0 radical (unpaired) electrons. The van der Waals surface area contributed by atoms with Gasteiger partial charge in [-0.15, -0.1) is 0 Å². The molecule has 2 N–H and O–H groups in total. The number of hydrogen-bond acceptors (Lipinski definition) is 5.